The van der Waals surface area contributed by atoms with E-state index in [-0.39, 0.29) is 11.8 Å². The molecule has 0 aliphatic carbocycles. The molecule has 120 valence electrons. The minimum Gasteiger partial charge on any atom is -0.360 e. The Labute approximate surface area is 142 Å². The van der Waals surface area contributed by atoms with Crippen LogP contribution in [0.15, 0.2) is 39.3 Å². The van der Waals surface area contributed by atoms with Crippen LogP contribution >= 0.6 is 15.9 Å². The quantitative estimate of drug-likeness (QED) is 0.891. The molecule has 3 rings (SSSR count). The minimum absolute atomic E-state index is 0.133. The highest BCUT2D eigenvalue weighted by molar-refractivity contribution is 9.10. The first-order chi connectivity index (χ1) is 11.0. The molecule has 23 heavy (non-hydrogen) atoms. The van der Waals surface area contributed by atoms with Gasteiger partial charge in [0, 0.05) is 22.6 Å². The zero-order chi connectivity index (χ0) is 16.4. The highest BCUT2D eigenvalue weighted by Crippen LogP contribution is 2.22. The first-order valence-corrected chi connectivity index (χ1v) is 8.14. The molecule has 1 atom stereocenters. The van der Waals surface area contributed by atoms with E-state index in [2.05, 4.69) is 26.4 Å². The summed E-state index contributed by atoms with van der Waals surface area (Å²) in [4.78, 5) is 26.7. The predicted octanol–water partition coefficient (Wildman–Crippen LogP) is 2.99. The number of amides is 2. The Bertz CT molecular complexity index is 726. The molecular formula is C16H16BrN3O3. The van der Waals surface area contributed by atoms with E-state index in [4.69, 9.17) is 4.52 Å². The zero-order valence-corrected chi connectivity index (χ0v) is 14.2. The summed E-state index contributed by atoms with van der Waals surface area (Å²) in [5, 5.41) is 6.45. The van der Waals surface area contributed by atoms with E-state index in [1.54, 1.807) is 30.0 Å². The Hall–Kier alpha value is -2.15. The molecule has 0 saturated carbocycles. The van der Waals surface area contributed by atoms with Crippen LogP contribution in [-0.2, 0) is 4.79 Å². The van der Waals surface area contributed by atoms with Gasteiger partial charge in [-0.1, -0.05) is 21.1 Å². The van der Waals surface area contributed by atoms with Crippen molar-refractivity contribution in [2.75, 3.05) is 11.9 Å². The molecule has 1 unspecified atom stereocenters. The SMILES string of the molecule is Cc1cc(NC(=O)C2CCCN2C(=O)c2ccc(Br)cc2)no1. The number of likely N-dealkylation sites (tertiary alicyclic amines) is 1. The van der Waals surface area contributed by atoms with E-state index in [9.17, 15) is 9.59 Å². The maximum atomic E-state index is 12.6. The number of benzene rings is 1. The molecule has 7 heteroatoms. The molecule has 1 fully saturated rings. The second kappa shape index (κ2) is 6.54. The molecule has 1 aliphatic heterocycles. The lowest BCUT2D eigenvalue weighted by molar-refractivity contribution is -0.119. The fourth-order valence-corrected chi connectivity index (χ4v) is 2.94. The van der Waals surface area contributed by atoms with Crippen molar-refractivity contribution in [3.05, 3.63) is 46.1 Å². The van der Waals surface area contributed by atoms with Crippen molar-refractivity contribution in [1.29, 1.82) is 0 Å². The Morgan fingerprint density at radius 1 is 1.35 bits per heavy atom. The van der Waals surface area contributed by atoms with Gasteiger partial charge in [-0.2, -0.15) is 0 Å². The van der Waals surface area contributed by atoms with Gasteiger partial charge in [0.25, 0.3) is 5.91 Å². The second-order valence-corrected chi connectivity index (χ2v) is 6.39. The standard InChI is InChI=1S/C16H16BrN3O3/c1-10-9-14(19-23-10)18-15(21)13-3-2-8-20(13)16(22)11-4-6-12(17)7-5-11/h4-7,9,13H,2-3,8H2,1H3,(H,18,19,21). The maximum absolute atomic E-state index is 12.6. The fraction of sp³-hybridized carbons (Fsp3) is 0.312. The molecule has 0 spiro atoms. The van der Waals surface area contributed by atoms with E-state index < -0.39 is 6.04 Å². The van der Waals surface area contributed by atoms with Crippen molar-refractivity contribution in [2.45, 2.75) is 25.8 Å². The van der Waals surface area contributed by atoms with Gasteiger partial charge in [-0.3, -0.25) is 9.59 Å². The summed E-state index contributed by atoms with van der Waals surface area (Å²) in [7, 11) is 0. The minimum atomic E-state index is -0.483. The maximum Gasteiger partial charge on any atom is 0.254 e. The molecule has 0 bridgehead atoms. The van der Waals surface area contributed by atoms with Crippen molar-refractivity contribution < 1.29 is 14.1 Å². The van der Waals surface area contributed by atoms with Gasteiger partial charge in [-0.05, 0) is 44.0 Å². The van der Waals surface area contributed by atoms with Gasteiger partial charge in [0.05, 0.1) is 0 Å². The van der Waals surface area contributed by atoms with Gasteiger partial charge in [-0.15, -0.1) is 0 Å². The zero-order valence-electron chi connectivity index (χ0n) is 12.6. The van der Waals surface area contributed by atoms with E-state index in [0.29, 0.717) is 30.1 Å². The number of aromatic nitrogens is 1. The van der Waals surface area contributed by atoms with Crippen LogP contribution in [0.25, 0.3) is 0 Å². The van der Waals surface area contributed by atoms with Gasteiger partial charge >= 0.3 is 0 Å². The summed E-state index contributed by atoms with van der Waals surface area (Å²) < 4.78 is 5.84. The highest BCUT2D eigenvalue weighted by Gasteiger charge is 2.34. The van der Waals surface area contributed by atoms with E-state index in [0.717, 1.165) is 10.9 Å². The number of hydrogen-bond acceptors (Lipinski definition) is 4. The van der Waals surface area contributed by atoms with Gasteiger partial charge in [-0.25, -0.2) is 0 Å². The summed E-state index contributed by atoms with van der Waals surface area (Å²) >= 11 is 3.35. The van der Waals surface area contributed by atoms with Crippen molar-refractivity contribution in [2.24, 2.45) is 0 Å². The molecule has 2 amide bonds. The lowest BCUT2D eigenvalue weighted by Crippen LogP contribution is -2.43. The van der Waals surface area contributed by atoms with Crippen LogP contribution in [0.5, 0.6) is 0 Å². The highest BCUT2D eigenvalue weighted by atomic mass is 79.9. The third kappa shape index (κ3) is 3.44. The third-order valence-electron chi connectivity index (χ3n) is 3.79. The van der Waals surface area contributed by atoms with Crippen molar-refractivity contribution >= 4 is 33.6 Å². The molecule has 1 N–H and O–H groups in total. The lowest BCUT2D eigenvalue weighted by atomic mass is 10.1. The van der Waals surface area contributed by atoms with Gasteiger partial charge in [0.1, 0.15) is 11.8 Å². The number of halogens is 1. The number of carbonyl (C=O) groups is 2. The van der Waals surface area contributed by atoms with Gasteiger partial charge in [0.15, 0.2) is 5.82 Å². The van der Waals surface area contributed by atoms with Gasteiger partial charge < -0.3 is 14.7 Å². The molecule has 2 aromatic rings. The molecule has 1 aromatic heterocycles. The molecular weight excluding hydrogens is 362 g/mol. The smallest absolute Gasteiger partial charge is 0.254 e. The number of nitrogens with one attached hydrogen (secondary N) is 1. The lowest BCUT2D eigenvalue weighted by Gasteiger charge is -2.23. The summed E-state index contributed by atoms with van der Waals surface area (Å²) in [6.07, 6.45) is 1.45. The summed E-state index contributed by atoms with van der Waals surface area (Å²) in [5.74, 6) is 0.623. The Morgan fingerprint density at radius 2 is 2.09 bits per heavy atom. The number of rotatable bonds is 3. The summed E-state index contributed by atoms with van der Waals surface area (Å²) in [6, 6.07) is 8.30. The largest absolute Gasteiger partial charge is 0.360 e. The molecule has 2 heterocycles. The fourth-order valence-electron chi connectivity index (χ4n) is 2.68. The van der Waals surface area contributed by atoms with Crippen LogP contribution in [0.4, 0.5) is 5.82 Å². The van der Waals surface area contributed by atoms with Gasteiger partial charge in [0.2, 0.25) is 5.91 Å². The third-order valence-corrected chi connectivity index (χ3v) is 4.32. The number of hydrogen-bond donors (Lipinski definition) is 1. The molecule has 1 aromatic carbocycles. The van der Waals surface area contributed by atoms with Crippen molar-refractivity contribution in [3.63, 3.8) is 0 Å². The van der Waals surface area contributed by atoms with Crippen LogP contribution in [0.2, 0.25) is 0 Å². The Balaban J connectivity index is 1.73. The van der Waals surface area contributed by atoms with Crippen molar-refractivity contribution in [1.82, 2.24) is 10.1 Å². The van der Waals surface area contributed by atoms with Crippen LogP contribution in [0.1, 0.15) is 29.0 Å². The first-order valence-electron chi connectivity index (χ1n) is 7.35. The van der Waals surface area contributed by atoms with Crippen molar-refractivity contribution in [3.8, 4) is 0 Å². The van der Waals surface area contributed by atoms with E-state index in [1.165, 1.54) is 0 Å². The molecule has 1 aliphatic rings. The topological polar surface area (TPSA) is 75.4 Å². The number of nitrogens with zero attached hydrogens (tertiary/aromatic N) is 2. The Kier molecular flexibility index (Phi) is 4.47. The second-order valence-electron chi connectivity index (χ2n) is 5.48. The first kappa shape index (κ1) is 15.7. The summed E-state index contributed by atoms with van der Waals surface area (Å²) in [6.45, 7) is 2.33. The average Bonchev–Trinajstić information content (AvgIpc) is 3.16. The normalized spacial score (nSPS) is 17.3. The molecule has 6 nitrogen and oxygen atoms in total. The van der Waals surface area contributed by atoms with Crippen LogP contribution in [0, 0.1) is 6.92 Å². The van der Waals surface area contributed by atoms with E-state index >= 15 is 0 Å². The molecule has 1 saturated heterocycles. The van der Waals surface area contributed by atoms with E-state index in [1.807, 2.05) is 12.1 Å². The van der Waals surface area contributed by atoms with Crippen LogP contribution in [-0.4, -0.2) is 34.5 Å². The molecule has 0 radical (unpaired) electrons. The summed E-state index contributed by atoms with van der Waals surface area (Å²) in [5.41, 5.74) is 0.574. The van der Waals surface area contributed by atoms with Crippen LogP contribution < -0.4 is 5.32 Å². The monoisotopic (exact) mass is 377 g/mol. The number of anilines is 1. The number of carbonyl (C=O) groups excluding carboxylic acids is 2. The predicted molar refractivity (Wildman–Crippen MR) is 88.1 cm³/mol. The number of aryl methyl sites for hydroxylation is 1. The Morgan fingerprint density at radius 3 is 2.74 bits per heavy atom. The average molecular weight is 378 g/mol. The van der Waals surface area contributed by atoms with Crippen LogP contribution in [0.3, 0.4) is 0 Å².